The number of carbonyl (C=O) groups excluding carboxylic acids is 3. The normalized spacial score (nSPS) is 14.4. The Bertz CT molecular complexity index is 1860. The molecule has 12 heteroatoms. The first-order valence-corrected chi connectivity index (χ1v) is 31.2. The third kappa shape index (κ3) is 56.1. The van der Waals surface area contributed by atoms with Crippen molar-refractivity contribution in [2.45, 2.75) is 226 Å². The van der Waals surface area contributed by atoms with Gasteiger partial charge in [-0.05, 0) is 128 Å². The summed E-state index contributed by atoms with van der Waals surface area (Å²) in [5, 5.41) is 9.82. The van der Waals surface area contributed by atoms with Crippen LogP contribution in [0.3, 0.4) is 0 Å². The van der Waals surface area contributed by atoms with Gasteiger partial charge in [0, 0.05) is 19.3 Å². The maximum Gasteiger partial charge on any atom is 0.472 e. The average molecular weight is 1110 g/mol. The van der Waals surface area contributed by atoms with Crippen LogP contribution in [0.5, 0.6) is 0 Å². The first kappa shape index (κ1) is 73.4. The van der Waals surface area contributed by atoms with Gasteiger partial charge in [-0.25, -0.2) is 4.57 Å². The lowest BCUT2D eigenvalue weighted by molar-refractivity contribution is -0.161. The maximum absolute atomic E-state index is 12.9. The Kier molecular flexibility index (Phi) is 55.0. The Morgan fingerprint density at radius 3 is 1.10 bits per heavy atom. The number of rotatable bonds is 53. The minimum absolute atomic E-state index is 0.0887. The number of hydrogen-bond acceptors (Lipinski definition) is 10. The van der Waals surface area contributed by atoms with E-state index in [1.807, 2.05) is 12.2 Å². The van der Waals surface area contributed by atoms with Crippen LogP contribution in [0.25, 0.3) is 0 Å². The van der Waals surface area contributed by atoms with Crippen LogP contribution in [-0.2, 0) is 42.2 Å². The lowest BCUT2D eigenvalue weighted by atomic mass is 10.1. The van der Waals surface area contributed by atoms with Crippen LogP contribution in [-0.4, -0.2) is 66.5 Å². The Morgan fingerprint density at radius 1 is 0.372 bits per heavy atom. The molecule has 0 spiro atoms. The molecule has 0 aliphatic heterocycles. The third-order valence-electron chi connectivity index (χ3n) is 11.7. The van der Waals surface area contributed by atoms with Crippen LogP contribution in [0.15, 0.2) is 146 Å². The van der Waals surface area contributed by atoms with Gasteiger partial charge in [-0.2, -0.15) is 0 Å². The van der Waals surface area contributed by atoms with Crippen molar-refractivity contribution >= 4 is 25.7 Å². The fourth-order valence-corrected chi connectivity index (χ4v) is 8.07. The predicted molar refractivity (Wildman–Crippen MR) is 325 cm³/mol. The van der Waals surface area contributed by atoms with E-state index in [1.54, 1.807) is 0 Å². The van der Waals surface area contributed by atoms with Gasteiger partial charge in [0.2, 0.25) is 0 Å². The molecular weight excluding hydrogens is 1000 g/mol. The molecule has 0 aliphatic rings. The van der Waals surface area contributed by atoms with Crippen molar-refractivity contribution in [1.29, 1.82) is 0 Å². The molecule has 0 saturated heterocycles. The van der Waals surface area contributed by atoms with Gasteiger partial charge >= 0.3 is 25.7 Å². The van der Waals surface area contributed by atoms with Gasteiger partial charge in [-0.1, -0.05) is 212 Å². The van der Waals surface area contributed by atoms with E-state index in [0.717, 1.165) is 122 Å². The summed E-state index contributed by atoms with van der Waals surface area (Å²) in [7, 11) is -4.79. The lowest BCUT2D eigenvalue weighted by Gasteiger charge is -2.21. The summed E-state index contributed by atoms with van der Waals surface area (Å²) in [5.74, 6) is -1.64. The zero-order valence-electron chi connectivity index (χ0n) is 48.6. The van der Waals surface area contributed by atoms with Crippen LogP contribution in [0.2, 0.25) is 0 Å². The van der Waals surface area contributed by atoms with E-state index in [1.165, 1.54) is 32.1 Å². The van der Waals surface area contributed by atoms with Gasteiger partial charge in [0.1, 0.15) is 12.7 Å². The van der Waals surface area contributed by atoms with Gasteiger partial charge in [0.15, 0.2) is 6.10 Å². The van der Waals surface area contributed by atoms with E-state index in [9.17, 15) is 28.9 Å². The van der Waals surface area contributed by atoms with Crippen molar-refractivity contribution < 1.29 is 52.2 Å². The number of esters is 3. The van der Waals surface area contributed by atoms with E-state index in [4.69, 9.17) is 23.3 Å². The molecule has 0 fully saturated rings. The molecule has 3 atom stereocenters. The molecule has 0 saturated carbocycles. The summed E-state index contributed by atoms with van der Waals surface area (Å²) >= 11 is 0. The predicted octanol–water partition coefficient (Wildman–Crippen LogP) is 17.9. The topological polar surface area (TPSA) is 155 Å². The summed E-state index contributed by atoms with van der Waals surface area (Å²) in [6.07, 6.45) is 75.3. The summed E-state index contributed by atoms with van der Waals surface area (Å²) in [6, 6.07) is 0. The van der Waals surface area contributed by atoms with Crippen molar-refractivity contribution in [1.82, 2.24) is 0 Å². The van der Waals surface area contributed by atoms with Gasteiger partial charge in [0.05, 0.1) is 19.8 Å². The molecule has 3 unspecified atom stereocenters. The molecule has 2 N–H and O–H groups in total. The largest absolute Gasteiger partial charge is 0.472 e. The highest BCUT2D eigenvalue weighted by atomic mass is 31.2. The number of unbranched alkanes of at least 4 members (excludes halogenated alkanes) is 12. The lowest BCUT2D eigenvalue weighted by Crippen LogP contribution is -2.30. The van der Waals surface area contributed by atoms with Crippen LogP contribution in [0.4, 0.5) is 0 Å². The number of phosphoric ester groups is 1. The second kappa shape index (κ2) is 58.5. The van der Waals surface area contributed by atoms with E-state index in [-0.39, 0.29) is 19.3 Å². The molecule has 78 heavy (non-hydrogen) atoms. The smallest absolute Gasteiger partial charge is 0.462 e. The van der Waals surface area contributed by atoms with Gasteiger partial charge in [-0.3, -0.25) is 23.4 Å². The van der Waals surface area contributed by atoms with Crippen molar-refractivity contribution in [2.75, 3.05) is 26.4 Å². The van der Waals surface area contributed by atoms with Crippen LogP contribution in [0, 0.1) is 0 Å². The number of ether oxygens (including phenoxy) is 3. The number of aliphatic hydroxyl groups is 1. The molecule has 0 radical (unpaired) electrons. The number of hydrogen-bond donors (Lipinski definition) is 2. The molecule has 0 aromatic rings. The second-order valence-corrected chi connectivity index (χ2v) is 20.5. The number of aliphatic hydroxyl groups excluding tert-OH is 1. The van der Waals surface area contributed by atoms with E-state index in [0.29, 0.717) is 19.3 Å². The highest BCUT2D eigenvalue weighted by molar-refractivity contribution is 7.47. The van der Waals surface area contributed by atoms with Crippen LogP contribution < -0.4 is 0 Å². The van der Waals surface area contributed by atoms with Crippen molar-refractivity contribution in [3.63, 3.8) is 0 Å². The van der Waals surface area contributed by atoms with Gasteiger partial charge < -0.3 is 24.2 Å². The number of carbonyl (C=O) groups is 3. The molecule has 0 aliphatic carbocycles. The van der Waals surface area contributed by atoms with Gasteiger partial charge in [0.25, 0.3) is 0 Å². The zero-order chi connectivity index (χ0) is 56.9. The molecule has 440 valence electrons. The van der Waals surface area contributed by atoms with Crippen LogP contribution >= 0.6 is 7.82 Å². The molecular formula is C66H105O11P. The van der Waals surface area contributed by atoms with Crippen LogP contribution in [0.1, 0.15) is 213 Å². The maximum atomic E-state index is 12.9. The SMILES string of the molecule is CC/C=C\C/C=C\C/C=C\C/C=C\C/C=C\C/C=C\CCC(=O)OCC(COP(=O)(O)OCC(CO)OC(=O)CCCC/C=C\C/C=C\C/C=C\C/C=C\CC)OC(=O)CCCCCCCCC/C=C\C/C=C\CCCCC. The molecule has 0 heterocycles. The van der Waals surface area contributed by atoms with Crippen molar-refractivity contribution in [3.8, 4) is 0 Å². The molecule has 0 bridgehead atoms. The Balaban J connectivity index is 4.90. The second-order valence-electron chi connectivity index (χ2n) is 19.0. The average Bonchev–Trinajstić information content (AvgIpc) is 3.43. The fourth-order valence-electron chi connectivity index (χ4n) is 7.28. The molecule has 0 aromatic heterocycles. The Morgan fingerprint density at radius 2 is 0.692 bits per heavy atom. The summed E-state index contributed by atoms with van der Waals surface area (Å²) in [4.78, 5) is 48.6. The Hall–Kier alpha value is -4.64. The molecule has 0 aromatic carbocycles. The Labute approximate surface area is 473 Å². The summed E-state index contributed by atoms with van der Waals surface area (Å²) in [6.45, 7) is 4.23. The van der Waals surface area contributed by atoms with E-state index >= 15 is 0 Å². The highest BCUT2D eigenvalue weighted by Crippen LogP contribution is 2.43. The summed E-state index contributed by atoms with van der Waals surface area (Å²) < 4.78 is 39.4. The fraction of sp³-hybridized carbons (Fsp3) is 0.591. The first-order valence-electron chi connectivity index (χ1n) is 29.7. The first-order chi connectivity index (χ1) is 38.2. The third-order valence-corrected chi connectivity index (χ3v) is 12.7. The number of allylic oxidation sites excluding steroid dienone is 24. The summed E-state index contributed by atoms with van der Waals surface area (Å²) in [5.41, 5.74) is 0. The van der Waals surface area contributed by atoms with E-state index in [2.05, 4.69) is 154 Å². The van der Waals surface area contributed by atoms with E-state index < -0.39 is 64.4 Å². The van der Waals surface area contributed by atoms with Gasteiger partial charge in [-0.15, -0.1) is 0 Å². The molecule has 0 rings (SSSR count). The standard InChI is InChI=1S/C66H105O11P/c1-4-7-10-13-16-19-22-25-28-30-31-33-35-37-40-43-46-49-52-55-64(68)73-59-63(77-66(70)57-54-51-48-45-42-39-36-32-29-26-23-20-17-14-11-8-5-2)61-75-78(71,72)74-60-62(58-67)76-65(69)56-53-50-47-44-41-38-34-27-24-21-18-15-12-9-6-3/h7,9-10,12,16-21,25-29,31,33-34,37,40-41,44,46,49,62-63,67H,4-6,8,11,13-15,22-24,30,32,35-36,38-39,42-43,45,47-48,50-61H2,1-3H3,(H,71,72)/b10-7-,12-9-,19-16-,20-17-,21-18-,28-25-,29-26-,33-31-,34-27-,40-37-,44-41-,49-46-. The number of phosphoric acid groups is 1. The minimum atomic E-state index is -4.79. The minimum Gasteiger partial charge on any atom is -0.462 e. The van der Waals surface area contributed by atoms with Crippen molar-refractivity contribution in [2.24, 2.45) is 0 Å². The zero-order valence-corrected chi connectivity index (χ0v) is 49.5. The monoisotopic (exact) mass is 1100 g/mol. The molecule has 0 amide bonds. The quantitative estimate of drug-likeness (QED) is 0.0197. The molecule has 11 nitrogen and oxygen atoms in total. The highest BCUT2D eigenvalue weighted by Gasteiger charge is 2.28. The van der Waals surface area contributed by atoms with Crippen molar-refractivity contribution in [3.05, 3.63) is 146 Å².